The zero-order valence-electron chi connectivity index (χ0n) is 20.2. The fourth-order valence-electron chi connectivity index (χ4n) is 3.17. The van der Waals surface area contributed by atoms with E-state index in [0.29, 0.717) is 22.1 Å². The topological polar surface area (TPSA) is 112 Å². The molecular weight excluding hydrogens is 521 g/mol. The number of rotatable bonds is 10. The van der Waals surface area contributed by atoms with Crippen LogP contribution in [0.25, 0.3) is 6.08 Å². The largest absolute Gasteiger partial charge is 0.493 e. The molecule has 0 aromatic heterocycles. The minimum atomic E-state index is -0.544. The summed E-state index contributed by atoms with van der Waals surface area (Å²) in [6, 6.07) is 14.7. The Bertz CT molecular complexity index is 1360. The molecule has 0 saturated heterocycles. The monoisotopic (exact) mass is 543 g/mol. The number of hydrazone groups is 1. The Labute approximate surface area is 223 Å². The van der Waals surface area contributed by atoms with E-state index in [1.54, 1.807) is 24.3 Å². The van der Waals surface area contributed by atoms with Crippen LogP contribution in [0.3, 0.4) is 0 Å². The summed E-state index contributed by atoms with van der Waals surface area (Å²) in [5.41, 5.74) is 4.14. The van der Waals surface area contributed by atoms with Crippen molar-refractivity contribution in [1.82, 2.24) is 5.43 Å². The first kappa shape index (κ1) is 27.5. The zero-order valence-corrected chi connectivity index (χ0v) is 21.7. The summed E-state index contributed by atoms with van der Waals surface area (Å²) < 4.78 is 15.9. The van der Waals surface area contributed by atoms with E-state index < -0.39 is 10.8 Å². The van der Waals surface area contributed by atoms with Crippen molar-refractivity contribution in [3.05, 3.63) is 97.5 Å². The molecule has 37 heavy (non-hydrogen) atoms. The number of nitrogens with zero attached hydrogens (tertiary/aromatic N) is 2. The van der Waals surface area contributed by atoms with Gasteiger partial charge in [-0.25, -0.2) is 5.43 Å². The molecule has 0 saturated carbocycles. The van der Waals surface area contributed by atoms with Crippen molar-refractivity contribution in [2.75, 3.05) is 20.8 Å². The van der Waals surface area contributed by atoms with Crippen molar-refractivity contribution < 1.29 is 23.9 Å². The molecule has 0 aliphatic rings. The molecular formula is C26H23Cl2N3O6. The lowest BCUT2D eigenvalue weighted by molar-refractivity contribution is -0.385. The maximum absolute atomic E-state index is 12.4. The molecule has 3 rings (SSSR count). The maximum atomic E-state index is 12.4. The number of ether oxygens (including phenoxy) is 3. The first-order valence-electron chi connectivity index (χ1n) is 10.8. The number of allylic oxidation sites excluding steroid dienone is 1. The van der Waals surface area contributed by atoms with Gasteiger partial charge in [0.05, 0.1) is 41.5 Å². The van der Waals surface area contributed by atoms with Gasteiger partial charge in [-0.1, -0.05) is 40.9 Å². The molecule has 0 unspecified atom stereocenters. The van der Waals surface area contributed by atoms with Gasteiger partial charge in [0.15, 0.2) is 18.1 Å². The van der Waals surface area contributed by atoms with Crippen molar-refractivity contribution in [2.45, 2.75) is 6.92 Å². The molecule has 0 atom stereocenters. The van der Waals surface area contributed by atoms with Gasteiger partial charge in [-0.05, 0) is 55.5 Å². The Hall–Kier alpha value is -4.08. The number of nitro benzene ring substituents is 1. The van der Waals surface area contributed by atoms with Crippen molar-refractivity contribution in [2.24, 2.45) is 5.10 Å². The first-order valence-corrected chi connectivity index (χ1v) is 11.6. The quantitative estimate of drug-likeness (QED) is 0.195. The van der Waals surface area contributed by atoms with Gasteiger partial charge in [0, 0.05) is 10.6 Å². The van der Waals surface area contributed by atoms with Crippen LogP contribution in [0.4, 0.5) is 5.69 Å². The summed E-state index contributed by atoms with van der Waals surface area (Å²) >= 11 is 12.4. The van der Waals surface area contributed by atoms with Crippen molar-refractivity contribution in [1.29, 1.82) is 0 Å². The van der Waals surface area contributed by atoms with Gasteiger partial charge in [0.25, 0.3) is 11.6 Å². The normalized spacial score (nSPS) is 11.3. The van der Waals surface area contributed by atoms with Crippen LogP contribution in [-0.2, 0) is 4.79 Å². The number of halogens is 2. The van der Waals surface area contributed by atoms with Crippen LogP contribution in [0, 0.1) is 17.0 Å². The molecule has 0 fully saturated rings. The van der Waals surface area contributed by atoms with Crippen LogP contribution in [0.1, 0.15) is 16.7 Å². The lowest BCUT2D eigenvalue weighted by Gasteiger charge is -2.10. The number of hydrogen-bond donors (Lipinski definition) is 1. The summed E-state index contributed by atoms with van der Waals surface area (Å²) in [4.78, 5) is 23.5. The second kappa shape index (κ2) is 12.8. The highest BCUT2D eigenvalue weighted by Crippen LogP contribution is 2.35. The number of methoxy groups -OCH3 is 2. The van der Waals surface area contributed by atoms with E-state index in [0.717, 1.165) is 5.56 Å². The third kappa shape index (κ3) is 7.45. The molecule has 1 N–H and O–H groups in total. The van der Waals surface area contributed by atoms with E-state index in [1.165, 1.54) is 44.6 Å². The summed E-state index contributed by atoms with van der Waals surface area (Å²) in [5.74, 6) is 0.527. The fourth-order valence-corrected chi connectivity index (χ4v) is 3.67. The molecule has 0 bridgehead atoms. The Morgan fingerprint density at radius 3 is 2.35 bits per heavy atom. The molecule has 3 aromatic carbocycles. The van der Waals surface area contributed by atoms with Crippen molar-refractivity contribution in [3.63, 3.8) is 0 Å². The molecule has 11 heteroatoms. The summed E-state index contributed by atoms with van der Waals surface area (Å²) in [7, 11) is 2.81. The highest BCUT2D eigenvalue weighted by atomic mass is 35.5. The maximum Gasteiger partial charge on any atom is 0.280 e. The molecule has 192 valence electrons. The predicted octanol–water partition coefficient (Wildman–Crippen LogP) is 5.84. The lowest BCUT2D eigenvalue weighted by atomic mass is 10.1. The van der Waals surface area contributed by atoms with E-state index in [9.17, 15) is 14.9 Å². The van der Waals surface area contributed by atoms with Gasteiger partial charge in [-0.15, -0.1) is 0 Å². The highest BCUT2D eigenvalue weighted by Gasteiger charge is 2.18. The number of aryl methyl sites for hydroxylation is 1. The van der Waals surface area contributed by atoms with Gasteiger partial charge in [0.1, 0.15) is 5.75 Å². The summed E-state index contributed by atoms with van der Waals surface area (Å²) in [6.45, 7) is 1.66. The van der Waals surface area contributed by atoms with E-state index >= 15 is 0 Å². The molecule has 0 heterocycles. The molecule has 0 aliphatic carbocycles. The van der Waals surface area contributed by atoms with E-state index in [2.05, 4.69) is 10.5 Å². The van der Waals surface area contributed by atoms with E-state index in [-0.39, 0.29) is 34.3 Å². The first-order chi connectivity index (χ1) is 17.7. The number of nitrogens with one attached hydrogen (secondary N) is 1. The Morgan fingerprint density at radius 2 is 1.73 bits per heavy atom. The van der Waals surface area contributed by atoms with Crippen LogP contribution in [-0.4, -0.2) is 37.4 Å². The average Bonchev–Trinajstić information content (AvgIpc) is 2.88. The van der Waals surface area contributed by atoms with Crippen LogP contribution >= 0.6 is 23.2 Å². The second-order valence-corrected chi connectivity index (χ2v) is 8.46. The number of nitro groups is 1. The van der Waals surface area contributed by atoms with Gasteiger partial charge in [-0.2, -0.15) is 5.10 Å². The van der Waals surface area contributed by atoms with Gasteiger partial charge >= 0.3 is 0 Å². The van der Waals surface area contributed by atoms with Crippen molar-refractivity contribution in [3.8, 4) is 17.2 Å². The van der Waals surface area contributed by atoms with Gasteiger partial charge < -0.3 is 14.2 Å². The van der Waals surface area contributed by atoms with Crippen LogP contribution in [0.2, 0.25) is 10.0 Å². The Balaban J connectivity index is 1.91. The van der Waals surface area contributed by atoms with Crippen LogP contribution in [0.5, 0.6) is 17.2 Å². The molecule has 1 amide bonds. The SMILES string of the molecule is COc1cc(/C=C/C(=N/NC(=O)COc2ccc(C)cc2)c2ccc(Cl)cc2Cl)c([N+](=O)[O-])cc1OC. The minimum Gasteiger partial charge on any atom is -0.493 e. The standard InChI is InChI=1S/C26H23Cl2N3O6/c1-16-4-8-19(9-5-16)37-15-26(32)30-29-22(20-10-7-18(27)13-21(20)28)11-6-17-12-24(35-2)25(36-3)14-23(17)31(33)34/h4-14H,15H2,1-3H3,(H,30,32)/b11-6+,29-22-. The Morgan fingerprint density at radius 1 is 1.05 bits per heavy atom. The van der Waals surface area contributed by atoms with Crippen LogP contribution < -0.4 is 19.6 Å². The Kier molecular flexibility index (Phi) is 9.48. The second-order valence-electron chi connectivity index (χ2n) is 7.61. The lowest BCUT2D eigenvalue weighted by Crippen LogP contribution is -2.25. The number of carbonyl (C=O) groups is 1. The predicted molar refractivity (Wildman–Crippen MR) is 143 cm³/mol. The highest BCUT2D eigenvalue weighted by molar-refractivity contribution is 6.37. The molecule has 0 radical (unpaired) electrons. The fraction of sp³-hybridized carbons (Fsp3) is 0.154. The zero-order chi connectivity index (χ0) is 26.9. The van der Waals surface area contributed by atoms with Crippen LogP contribution in [0.15, 0.2) is 65.8 Å². The molecule has 9 nitrogen and oxygen atoms in total. The summed E-state index contributed by atoms with van der Waals surface area (Å²) in [5, 5.41) is 16.5. The van der Waals surface area contributed by atoms with Gasteiger partial charge in [0.2, 0.25) is 0 Å². The molecule has 3 aromatic rings. The number of benzene rings is 3. The molecule has 0 spiro atoms. The average molecular weight is 544 g/mol. The number of carbonyl (C=O) groups excluding carboxylic acids is 1. The van der Waals surface area contributed by atoms with E-state index in [1.807, 2.05) is 19.1 Å². The number of amides is 1. The minimum absolute atomic E-state index is 0.210. The summed E-state index contributed by atoms with van der Waals surface area (Å²) in [6.07, 6.45) is 2.93. The van der Waals surface area contributed by atoms with Crippen molar-refractivity contribution >= 4 is 46.6 Å². The molecule has 0 aliphatic heterocycles. The third-order valence-corrected chi connectivity index (χ3v) is 5.60. The van der Waals surface area contributed by atoms with E-state index in [4.69, 9.17) is 37.4 Å². The number of hydrogen-bond acceptors (Lipinski definition) is 7. The smallest absolute Gasteiger partial charge is 0.280 e. The third-order valence-electron chi connectivity index (χ3n) is 5.05. The van der Waals surface area contributed by atoms with Gasteiger partial charge in [-0.3, -0.25) is 14.9 Å².